The molecule has 0 bridgehead atoms. The summed E-state index contributed by atoms with van der Waals surface area (Å²) in [5, 5.41) is 4.25. The number of unbranched alkanes of at least 4 members (excludes halogenated alkanes) is 1. The molecule has 0 aromatic heterocycles. The van der Waals surface area contributed by atoms with Crippen molar-refractivity contribution in [2.75, 3.05) is 13.3 Å². The summed E-state index contributed by atoms with van der Waals surface area (Å²) in [6.07, 6.45) is 8.79. The van der Waals surface area contributed by atoms with Gasteiger partial charge in [0.15, 0.2) is 0 Å². The van der Waals surface area contributed by atoms with E-state index in [1.165, 1.54) is 23.0 Å². The molecule has 0 heterocycles. The van der Waals surface area contributed by atoms with Gasteiger partial charge in [0.2, 0.25) is 0 Å². The van der Waals surface area contributed by atoms with E-state index in [0.29, 0.717) is 6.42 Å². The van der Waals surface area contributed by atoms with Crippen molar-refractivity contribution < 1.29 is 9.53 Å². The fraction of sp³-hybridized carbons (Fsp3) is 0.222. The van der Waals surface area contributed by atoms with Gasteiger partial charge in [0.05, 0.1) is 13.3 Å². The second-order valence-electron chi connectivity index (χ2n) is 7.27. The number of carbonyl (C=O) groups excluding carboxylic acids is 1. The second-order valence-corrected chi connectivity index (χ2v) is 10.9. The first-order valence-corrected chi connectivity index (χ1v) is 12.5. The minimum atomic E-state index is -1.75. The van der Waals surface area contributed by atoms with Crippen molar-refractivity contribution in [3.63, 3.8) is 0 Å². The molecule has 0 saturated heterocycles. The Balaban J connectivity index is 1.87. The maximum atomic E-state index is 11.3. The molecular weight excluding hydrogens is 387 g/mol. The standard InChI is InChI=1S/C27H30O2P/c1-29-27(28)22-14-3-2-4-15-23-30(24-16-8-5-9-17-24,25-18-10-6-11-19-25)26-20-12-7-13-21-26/h2,4-13,16-21H,3,14-15,22-23H2,1H3/q+1/b4-2-. The van der Waals surface area contributed by atoms with Crippen LogP contribution in [0.25, 0.3) is 0 Å². The molecule has 0 unspecified atom stereocenters. The van der Waals surface area contributed by atoms with Gasteiger partial charge in [-0.25, -0.2) is 0 Å². The van der Waals surface area contributed by atoms with Crippen LogP contribution in [0.4, 0.5) is 0 Å². The quantitative estimate of drug-likeness (QED) is 0.194. The lowest BCUT2D eigenvalue weighted by Gasteiger charge is -2.27. The third-order valence-corrected chi connectivity index (χ3v) is 9.84. The van der Waals surface area contributed by atoms with Gasteiger partial charge in [0.25, 0.3) is 0 Å². The van der Waals surface area contributed by atoms with Crippen LogP contribution in [0, 0.1) is 0 Å². The van der Waals surface area contributed by atoms with Crippen LogP contribution < -0.4 is 15.9 Å². The van der Waals surface area contributed by atoms with Crippen LogP contribution in [0.2, 0.25) is 0 Å². The van der Waals surface area contributed by atoms with Gasteiger partial charge in [-0.05, 0) is 49.2 Å². The zero-order valence-electron chi connectivity index (χ0n) is 17.6. The summed E-state index contributed by atoms with van der Waals surface area (Å²) in [6, 6.07) is 32.9. The fourth-order valence-electron chi connectivity index (χ4n) is 3.85. The van der Waals surface area contributed by atoms with E-state index < -0.39 is 7.26 Å². The summed E-state index contributed by atoms with van der Waals surface area (Å²) in [5.41, 5.74) is 0. The number of hydrogen-bond acceptors (Lipinski definition) is 2. The van der Waals surface area contributed by atoms with E-state index in [-0.39, 0.29) is 5.97 Å². The smallest absolute Gasteiger partial charge is 0.305 e. The second kappa shape index (κ2) is 11.5. The average molecular weight is 418 g/mol. The monoisotopic (exact) mass is 417 g/mol. The van der Waals surface area contributed by atoms with Crippen molar-refractivity contribution in [3.8, 4) is 0 Å². The molecule has 0 spiro atoms. The lowest BCUT2D eigenvalue weighted by atomic mass is 10.2. The van der Waals surface area contributed by atoms with Crippen molar-refractivity contribution in [1.29, 1.82) is 0 Å². The molecule has 0 atom stereocenters. The van der Waals surface area contributed by atoms with E-state index in [9.17, 15) is 4.79 Å². The predicted molar refractivity (Wildman–Crippen MR) is 130 cm³/mol. The fourth-order valence-corrected chi connectivity index (χ4v) is 8.10. The van der Waals surface area contributed by atoms with Crippen molar-refractivity contribution in [2.45, 2.75) is 25.7 Å². The molecule has 3 rings (SSSR count). The van der Waals surface area contributed by atoms with Gasteiger partial charge in [-0.15, -0.1) is 0 Å². The van der Waals surface area contributed by atoms with Crippen molar-refractivity contribution in [2.24, 2.45) is 0 Å². The first-order valence-electron chi connectivity index (χ1n) is 10.5. The van der Waals surface area contributed by atoms with Crippen LogP contribution in [0.5, 0.6) is 0 Å². The minimum Gasteiger partial charge on any atom is -0.469 e. The Morgan fingerprint density at radius 1 is 0.733 bits per heavy atom. The first kappa shape index (κ1) is 22.0. The van der Waals surface area contributed by atoms with Crippen molar-refractivity contribution >= 4 is 29.1 Å². The molecule has 0 fully saturated rings. The average Bonchev–Trinajstić information content (AvgIpc) is 2.82. The topological polar surface area (TPSA) is 26.3 Å². The molecule has 0 radical (unpaired) electrons. The van der Waals surface area contributed by atoms with Crippen molar-refractivity contribution in [3.05, 3.63) is 103 Å². The summed E-state index contributed by atoms with van der Waals surface area (Å²) in [7, 11) is -0.312. The highest BCUT2D eigenvalue weighted by atomic mass is 31.2. The Morgan fingerprint density at radius 2 is 1.17 bits per heavy atom. The summed E-state index contributed by atoms with van der Waals surface area (Å²) < 4.78 is 4.71. The highest BCUT2D eigenvalue weighted by Crippen LogP contribution is 2.55. The number of ether oxygens (including phenoxy) is 1. The first-order chi connectivity index (χ1) is 14.8. The summed E-state index contributed by atoms with van der Waals surface area (Å²) in [4.78, 5) is 11.3. The molecule has 0 aliphatic heterocycles. The van der Waals surface area contributed by atoms with Gasteiger partial charge in [0.1, 0.15) is 23.2 Å². The molecule has 154 valence electrons. The van der Waals surface area contributed by atoms with Crippen LogP contribution >= 0.6 is 7.26 Å². The predicted octanol–water partition coefficient (Wildman–Crippen LogP) is 5.27. The van der Waals surface area contributed by atoms with Gasteiger partial charge in [-0.2, -0.15) is 0 Å². The Kier molecular flexibility index (Phi) is 8.41. The molecule has 0 saturated carbocycles. The molecule has 0 aliphatic rings. The molecule has 3 aromatic carbocycles. The molecule has 0 N–H and O–H groups in total. The van der Waals surface area contributed by atoms with Crippen LogP contribution in [-0.4, -0.2) is 19.2 Å². The van der Waals surface area contributed by atoms with Crippen LogP contribution in [0.1, 0.15) is 25.7 Å². The number of allylic oxidation sites excluding steroid dienone is 2. The third kappa shape index (κ3) is 5.46. The van der Waals surface area contributed by atoms with E-state index in [0.717, 1.165) is 25.4 Å². The summed E-state index contributed by atoms with van der Waals surface area (Å²) in [5.74, 6) is -0.134. The molecular formula is C27H30O2P+. The van der Waals surface area contributed by atoms with E-state index >= 15 is 0 Å². The molecule has 30 heavy (non-hydrogen) atoms. The molecule has 0 aliphatic carbocycles. The van der Waals surface area contributed by atoms with Crippen molar-refractivity contribution in [1.82, 2.24) is 0 Å². The molecule has 3 aromatic rings. The Labute approximate surface area is 181 Å². The zero-order valence-corrected chi connectivity index (χ0v) is 18.5. The minimum absolute atomic E-state index is 0.134. The zero-order chi connectivity index (χ0) is 21.1. The van der Waals surface area contributed by atoms with Gasteiger partial charge < -0.3 is 4.74 Å². The van der Waals surface area contributed by atoms with E-state index in [1.54, 1.807) is 0 Å². The largest absolute Gasteiger partial charge is 0.469 e. The summed E-state index contributed by atoms with van der Waals surface area (Å²) >= 11 is 0. The van der Waals surface area contributed by atoms with Gasteiger partial charge in [0, 0.05) is 12.8 Å². The van der Waals surface area contributed by atoms with Crippen LogP contribution in [0.3, 0.4) is 0 Å². The number of rotatable bonds is 10. The summed E-state index contributed by atoms with van der Waals surface area (Å²) in [6.45, 7) is 0. The number of esters is 1. The van der Waals surface area contributed by atoms with E-state index in [1.807, 2.05) is 0 Å². The Morgan fingerprint density at radius 3 is 1.60 bits per heavy atom. The number of carbonyl (C=O) groups is 1. The van der Waals surface area contributed by atoms with Gasteiger partial charge >= 0.3 is 5.97 Å². The lowest BCUT2D eigenvalue weighted by molar-refractivity contribution is -0.140. The number of hydrogen-bond donors (Lipinski definition) is 0. The van der Waals surface area contributed by atoms with E-state index in [4.69, 9.17) is 4.74 Å². The normalized spacial score (nSPS) is 11.5. The SMILES string of the molecule is COC(=O)CCC/C=C\CC[P+](c1ccccc1)(c1ccccc1)c1ccccc1. The number of methoxy groups -OCH3 is 1. The lowest BCUT2D eigenvalue weighted by Crippen LogP contribution is -2.33. The van der Waals surface area contributed by atoms with Crippen LogP contribution in [0.15, 0.2) is 103 Å². The maximum Gasteiger partial charge on any atom is 0.305 e. The third-order valence-electron chi connectivity index (χ3n) is 5.37. The van der Waals surface area contributed by atoms with E-state index in [2.05, 4.69) is 103 Å². The highest BCUT2D eigenvalue weighted by molar-refractivity contribution is 7.95. The number of benzene rings is 3. The Bertz CT molecular complexity index is 824. The van der Waals surface area contributed by atoms with Gasteiger partial charge in [-0.1, -0.05) is 66.7 Å². The van der Waals surface area contributed by atoms with Gasteiger partial charge in [-0.3, -0.25) is 4.79 Å². The molecule has 2 nitrogen and oxygen atoms in total. The van der Waals surface area contributed by atoms with Crippen LogP contribution in [-0.2, 0) is 9.53 Å². The Hall–Kier alpha value is -2.70. The highest BCUT2D eigenvalue weighted by Gasteiger charge is 2.44. The maximum absolute atomic E-state index is 11.3. The molecule has 3 heteroatoms. The molecule has 0 amide bonds.